The van der Waals surface area contributed by atoms with Gasteiger partial charge in [-0.25, -0.2) is 0 Å². The second-order valence-corrected chi connectivity index (χ2v) is 3.81. The smallest absolute Gasteiger partial charge is 0.0701 e. The van der Waals surface area contributed by atoms with Gasteiger partial charge in [-0.15, -0.1) is 0 Å². The second-order valence-electron chi connectivity index (χ2n) is 3.81. The fraction of sp³-hybridized carbons (Fsp3) is 1.00. The molecule has 0 aromatic carbocycles. The number of rotatable bonds is 11. The van der Waals surface area contributed by atoms with Crippen LogP contribution in [0.1, 0.15) is 20.3 Å². The Morgan fingerprint density at radius 3 is 1.73 bits per heavy atom. The zero-order valence-electron chi connectivity index (χ0n) is 10.0. The van der Waals surface area contributed by atoms with Crippen LogP contribution in [0.4, 0.5) is 0 Å². The fourth-order valence-electron chi connectivity index (χ4n) is 0.944. The first-order valence-electron chi connectivity index (χ1n) is 5.70. The molecule has 0 unspecified atom stereocenters. The van der Waals surface area contributed by atoms with E-state index >= 15 is 0 Å². The van der Waals surface area contributed by atoms with E-state index < -0.39 is 0 Å². The minimum Gasteiger partial charge on any atom is -0.379 e. The molecule has 0 rings (SSSR count). The van der Waals surface area contributed by atoms with E-state index in [9.17, 15) is 0 Å². The summed E-state index contributed by atoms with van der Waals surface area (Å²) in [6.45, 7) is 8.92. The summed E-state index contributed by atoms with van der Waals surface area (Å²) in [5.41, 5.74) is 5.26. The van der Waals surface area contributed by atoms with Gasteiger partial charge in [0.2, 0.25) is 0 Å². The van der Waals surface area contributed by atoms with E-state index in [0.717, 1.165) is 13.0 Å². The minimum absolute atomic E-state index is 0.568. The first kappa shape index (κ1) is 14.8. The summed E-state index contributed by atoms with van der Waals surface area (Å²) < 4.78 is 15.8. The zero-order chi connectivity index (χ0) is 11.4. The molecule has 0 aliphatic heterocycles. The Balaban J connectivity index is 2.87. The second kappa shape index (κ2) is 11.9. The molecule has 0 amide bonds. The van der Waals surface area contributed by atoms with Crippen molar-refractivity contribution >= 4 is 0 Å². The number of nitrogens with two attached hydrogens (primary N) is 1. The zero-order valence-corrected chi connectivity index (χ0v) is 10.0. The molecule has 0 heterocycles. The van der Waals surface area contributed by atoms with E-state index in [-0.39, 0.29) is 0 Å². The molecule has 4 heteroatoms. The van der Waals surface area contributed by atoms with Crippen LogP contribution >= 0.6 is 0 Å². The number of ether oxygens (including phenoxy) is 3. The summed E-state index contributed by atoms with van der Waals surface area (Å²) in [6, 6.07) is 0. The third kappa shape index (κ3) is 13.8. The predicted molar refractivity (Wildman–Crippen MR) is 61.0 cm³/mol. The third-order valence-electron chi connectivity index (χ3n) is 1.85. The first-order valence-corrected chi connectivity index (χ1v) is 5.70. The standard InChI is InChI=1S/C11H25NO3/c1-11(2)3-5-13-7-9-15-10-8-14-6-4-12/h11H,3-10,12H2,1-2H3. The van der Waals surface area contributed by atoms with Crippen molar-refractivity contribution in [3.05, 3.63) is 0 Å². The van der Waals surface area contributed by atoms with Crippen LogP contribution < -0.4 is 5.73 Å². The van der Waals surface area contributed by atoms with Gasteiger partial charge in [-0.3, -0.25) is 0 Å². The van der Waals surface area contributed by atoms with Crippen LogP contribution in [0.5, 0.6) is 0 Å². The number of hydrogen-bond donors (Lipinski definition) is 1. The average Bonchev–Trinajstić information content (AvgIpc) is 2.20. The molecule has 0 saturated carbocycles. The molecular weight excluding hydrogens is 194 g/mol. The Kier molecular flexibility index (Phi) is 11.8. The highest BCUT2D eigenvalue weighted by Crippen LogP contribution is 1.98. The molecule has 0 aromatic heterocycles. The van der Waals surface area contributed by atoms with Gasteiger partial charge in [0.25, 0.3) is 0 Å². The molecule has 92 valence electrons. The molecule has 2 N–H and O–H groups in total. The van der Waals surface area contributed by atoms with E-state index in [1.807, 2.05) is 0 Å². The molecule has 0 saturated heterocycles. The van der Waals surface area contributed by atoms with Crippen molar-refractivity contribution in [1.82, 2.24) is 0 Å². The summed E-state index contributed by atoms with van der Waals surface area (Å²) in [5.74, 6) is 0.704. The summed E-state index contributed by atoms with van der Waals surface area (Å²) in [5, 5.41) is 0. The molecule has 0 atom stereocenters. The molecule has 0 aliphatic rings. The maximum Gasteiger partial charge on any atom is 0.0701 e. The molecule has 4 nitrogen and oxygen atoms in total. The van der Waals surface area contributed by atoms with Crippen LogP contribution in [-0.4, -0.2) is 46.2 Å². The third-order valence-corrected chi connectivity index (χ3v) is 1.85. The van der Waals surface area contributed by atoms with Crippen LogP contribution in [-0.2, 0) is 14.2 Å². The van der Waals surface area contributed by atoms with E-state index in [2.05, 4.69) is 13.8 Å². The maximum atomic E-state index is 5.39. The summed E-state index contributed by atoms with van der Waals surface area (Å²) in [7, 11) is 0. The van der Waals surface area contributed by atoms with Crippen molar-refractivity contribution in [2.45, 2.75) is 20.3 Å². The maximum absolute atomic E-state index is 5.39. The molecule has 0 spiro atoms. The van der Waals surface area contributed by atoms with Crippen molar-refractivity contribution in [3.63, 3.8) is 0 Å². The Morgan fingerprint density at radius 1 is 0.800 bits per heavy atom. The molecule has 0 bridgehead atoms. The summed E-state index contributed by atoms with van der Waals surface area (Å²) in [4.78, 5) is 0. The summed E-state index contributed by atoms with van der Waals surface area (Å²) in [6.07, 6.45) is 1.11. The topological polar surface area (TPSA) is 53.7 Å². The van der Waals surface area contributed by atoms with E-state index in [1.165, 1.54) is 0 Å². The lowest BCUT2D eigenvalue weighted by atomic mass is 10.1. The van der Waals surface area contributed by atoms with Crippen LogP contribution in [0.2, 0.25) is 0 Å². The van der Waals surface area contributed by atoms with Crippen LogP contribution in [0.25, 0.3) is 0 Å². The van der Waals surface area contributed by atoms with Gasteiger partial charge in [-0.05, 0) is 12.3 Å². The van der Waals surface area contributed by atoms with Crippen LogP contribution in [0.3, 0.4) is 0 Å². The monoisotopic (exact) mass is 219 g/mol. The normalized spacial score (nSPS) is 11.2. The van der Waals surface area contributed by atoms with Crippen molar-refractivity contribution in [1.29, 1.82) is 0 Å². The van der Waals surface area contributed by atoms with Crippen molar-refractivity contribution in [2.75, 3.05) is 46.2 Å². The Morgan fingerprint density at radius 2 is 1.27 bits per heavy atom. The largest absolute Gasteiger partial charge is 0.379 e. The van der Waals surface area contributed by atoms with E-state index in [0.29, 0.717) is 45.5 Å². The Labute approximate surface area is 93.1 Å². The van der Waals surface area contributed by atoms with E-state index in [4.69, 9.17) is 19.9 Å². The molecule has 0 fully saturated rings. The molecule has 0 aromatic rings. The Bertz CT molecular complexity index is 120. The number of hydrogen-bond acceptors (Lipinski definition) is 4. The van der Waals surface area contributed by atoms with Gasteiger partial charge in [-0.2, -0.15) is 0 Å². The van der Waals surface area contributed by atoms with Crippen molar-refractivity contribution in [2.24, 2.45) is 11.7 Å². The predicted octanol–water partition coefficient (Wildman–Crippen LogP) is 1.04. The molecule has 0 radical (unpaired) electrons. The lowest BCUT2D eigenvalue weighted by Gasteiger charge is -2.07. The van der Waals surface area contributed by atoms with Crippen LogP contribution in [0, 0.1) is 5.92 Å². The van der Waals surface area contributed by atoms with Gasteiger partial charge in [0.15, 0.2) is 0 Å². The van der Waals surface area contributed by atoms with Gasteiger partial charge in [0.1, 0.15) is 0 Å². The van der Waals surface area contributed by atoms with E-state index in [1.54, 1.807) is 0 Å². The first-order chi connectivity index (χ1) is 7.27. The fourth-order valence-corrected chi connectivity index (χ4v) is 0.944. The van der Waals surface area contributed by atoms with Gasteiger partial charge in [0.05, 0.1) is 33.0 Å². The summed E-state index contributed by atoms with van der Waals surface area (Å²) >= 11 is 0. The van der Waals surface area contributed by atoms with Gasteiger partial charge < -0.3 is 19.9 Å². The minimum atomic E-state index is 0.568. The van der Waals surface area contributed by atoms with Crippen LogP contribution in [0.15, 0.2) is 0 Å². The lowest BCUT2D eigenvalue weighted by Crippen LogP contribution is -2.13. The van der Waals surface area contributed by atoms with Gasteiger partial charge in [-0.1, -0.05) is 13.8 Å². The van der Waals surface area contributed by atoms with Gasteiger partial charge in [0, 0.05) is 13.2 Å². The Hall–Kier alpha value is -0.160. The average molecular weight is 219 g/mol. The quantitative estimate of drug-likeness (QED) is 0.528. The highest BCUT2D eigenvalue weighted by Gasteiger charge is 1.94. The molecule has 15 heavy (non-hydrogen) atoms. The lowest BCUT2D eigenvalue weighted by molar-refractivity contribution is 0.0142. The highest BCUT2D eigenvalue weighted by atomic mass is 16.5. The van der Waals surface area contributed by atoms with Crippen molar-refractivity contribution in [3.8, 4) is 0 Å². The molecular formula is C11H25NO3. The van der Waals surface area contributed by atoms with Gasteiger partial charge >= 0.3 is 0 Å². The molecule has 0 aliphatic carbocycles. The van der Waals surface area contributed by atoms with Crippen molar-refractivity contribution < 1.29 is 14.2 Å². The highest BCUT2D eigenvalue weighted by molar-refractivity contribution is 4.42. The SMILES string of the molecule is CC(C)CCOCCOCCOCCN.